The highest BCUT2D eigenvalue weighted by Gasteiger charge is 2.13. The molecule has 5 nitrogen and oxygen atoms in total. The van der Waals surface area contributed by atoms with Crippen LogP contribution < -0.4 is 15.5 Å². The SMILES string of the molecule is CC(C)CCNC(=O)C(=O)Nc1ccc(N(C)C)cc1. The largest absolute Gasteiger partial charge is 0.378 e. The molecule has 0 saturated heterocycles. The highest BCUT2D eigenvalue weighted by atomic mass is 16.2. The molecule has 1 aromatic carbocycles. The highest BCUT2D eigenvalue weighted by molar-refractivity contribution is 6.39. The average molecular weight is 277 g/mol. The van der Waals surface area contributed by atoms with E-state index in [-0.39, 0.29) is 0 Å². The van der Waals surface area contributed by atoms with Crippen LogP contribution in [0.1, 0.15) is 20.3 Å². The molecule has 0 aliphatic carbocycles. The third-order valence-electron chi connectivity index (χ3n) is 2.86. The molecule has 0 radical (unpaired) electrons. The van der Waals surface area contributed by atoms with Gasteiger partial charge in [-0.05, 0) is 36.6 Å². The Kier molecular flexibility index (Phi) is 6.03. The number of rotatable bonds is 5. The summed E-state index contributed by atoms with van der Waals surface area (Å²) in [5, 5.41) is 5.18. The molecule has 2 N–H and O–H groups in total. The zero-order chi connectivity index (χ0) is 15.1. The summed E-state index contributed by atoms with van der Waals surface area (Å²) < 4.78 is 0. The molecular formula is C15H23N3O2. The second-order valence-corrected chi connectivity index (χ2v) is 5.33. The summed E-state index contributed by atoms with van der Waals surface area (Å²) in [6, 6.07) is 7.31. The lowest BCUT2D eigenvalue weighted by atomic mass is 10.1. The molecule has 0 atom stereocenters. The summed E-state index contributed by atoms with van der Waals surface area (Å²) in [4.78, 5) is 25.2. The van der Waals surface area contributed by atoms with Gasteiger partial charge in [0.1, 0.15) is 0 Å². The number of carbonyl (C=O) groups excluding carboxylic acids is 2. The Labute approximate surface area is 120 Å². The number of carbonyl (C=O) groups is 2. The van der Waals surface area contributed by atoms with E-state index in [2.05, 4.69) is 24.5 Å². The number of amides is 2. The van der Waals surface area contributed by atoms with Crippen molar-refractivity contribution in [2.24, 2.45) is 5.92 Å². The van der Waals surface area contributed by atoms with Gasteiger partial charge in [-0.25, -0.2) is 0 Å². The molecule has 0 fully saturated rings. The second kappa shape index (κ2) is 7.53. The average Bonchev–Trinajstić information content (AvgIpc) is 2.38. The molecule has 2 amide bonds. The smallest absolute Gasteiger partial charge is 0.313 e. The first-order valence-corrected chi connectivity index (χ1v) is 6.76. The summed E-state index contributed by atoms with van der Waals surface area (Å²) in [7, 11) is 3.88. The quantitative estimate of drug-likeness (QED) is 0.808. The van der Waals surface area contributed by atoms with Gasteiger partial charge in [0.25, 0.3) is 0 Å². The monoisotopic (exact) mass is 277 g/mol. The maximum absolute atomic E-state index is 11.7. The molecule has 0 saturated carbocycles. The van der Waals surface area contributed by atoms with Crippen LogP contribution in [0.3, 0.4) is 0 Å². The van der Waals surface area contributed by atoms with Crippen molar-refractivity contribution in [3.8, 4) is 0 Å². The van der Waals surface area contributed by atoms with Crippen LogP contribution in [0.15, 0.2) is 24.3 Å². The molecule has 1 rings (SSSR count). The van der Waals surface area contributed by atoms with Crippen LogP contribution >= 0.6 is 0 Å². The molecule has 5 heteroatoms. The van der Waals surface area contributed by atoms with Crippen molar-refractivity contribution in [3.63, 3.8) is 0 Å². The summed E-state index contributed by atoms with van der Waals surface area (Å²) in [6.45, 7) is 4.65. The molecule has 0 spiro atoms. The Morgan fingerprint density at radius 1 is 1.10 bits per heavy atom. The number of nitrogens with one attached hydrogen (secondary N) is 2. The van der Waals surface area contributed by atoms with Crippen LogP contribution in [-0.2, 0) is 9.59 Å². The fourth-order valence-corrected chi connectivity index (χ4v) is 1.59. The lowest BCUT2D eigenvalue weighted by Gasteiger charge is -2.13. The lowest BCUT2D eigenvalue weighted by Crippen LogP contribution is -2.36. The lowest BCUT2D eigenvalue weighted by molar-refractivity contribution is -0.136. The van der Waals surface area contributed by atoms with E-state index in [1.54, 1.807) is 12.1 Å². The standard InChI is InChI=1S/C15H23N3O2/c1-11(2)9-10-16-14(19)15(20)17-12-5-7-13(8-6-12)18(3)4/h5-8,11H,9-10H2,1-4H3,(H,16,19)(H,17,20). The van der Waals surface area contributed by atoms with E-state index in [0.29, 0.717) is 18.2 Å². The Balaban J connectivity index is 2.47. The number of nitrogens with zero attached hydrogens (tertiary/aromatic N) is 1. The number of anilines is 2. The van der Waals surface area contributed by atoms with E-state index in [1.165, 1.54) is 0 Å². The Bertz CT molecular complexity index is 453. The van der Waals surface area contributed by atoms with Crippen LogP contribution in [0.4, 0.5) is 11.4 Å². The van der Waals surface area contributed by atoms with Gasteiger partial charge in [-0.1, -0.05) is 13.8 Å². The van der Waals surface area contributed by atoms with E-state index < -0.39 is 11.8 Å². The van der Waals surface area contributed by atoms with Crippen molar-refractivity contribution in [3.05, 3.63) is 24.3 Å². The van der Waals surface area contributed by atoms with E-state index in [1.807, 2.05) is 31.1 Å². The Morgan fingerprint density at radius 2 is 1.70 bits per heavy atom. The fourth-order valence-electron chi connectivity index (χ4n) is 1.59. The van der Waals surface area contributed by atoms with Crippen molar-refractivity contribution in [1.82, 2.24) is 5.32 Å². The minimum atomic E-state index is -0.633. The first kappa shape index (κ1) is 16.0. The van der Waals surface area contributed by atoms with Crippen molar-refractivity contribution in [1.29, 1.82) is 0 Å². The van der Waals surface area contributed by atoms with Gasteiger partial charge < -0.3 is 15.5 Å². The molecule has 0 bridgehead atoms. The fraction of sp³-hybridized carbons (Fsp3) is 0.467. The van der Waals surface area contributed by atoms with Crippen LogP contribution in [0, 0.1) is 5.92 Å². The van der Waals surface area contributed by atoms with Gasteiger partial charge in [0.05, 0.1) is 0 Å². The maximum atomic E-state index is 11.7. The Morgan fingerprint density at radius 3 is 2.20 bits per heavy atom. The molecular weight excluding hydrogens is 254 g/mol. The Hall–Kier alpha value is -2.04. The van der Waals surface area contributed by atoms with Crippen LogP contribution in [0.5, 0.6) is 0 Å². The van der Waals surface area contributed by atoms with Gasteiger partial charge in [0.2, 0.25) is 0 Å². The van der Waals surface area contributed by atoms with Gasteiger partial charge >= 0.3 is 11.8 Å². The van der Waals surface area contributed by atoms with Crippen LogP contribution in [-0.4, -0.2) is 32.5 Å². The van der Waals surface area contributed by atoms with E-state index in [9.17, 15) is 9.59 Å². The molecule has 0 aromatic heterocycles. The predicted molar refractivity (Wildman–Crippen MR) is 81.9 cm³/mol. The molecule has 0 aliphatic rings. The summed E-state index contributed by atoms with van der Waals surface area (Å²) in [5.41, 5.74) is 1.64. The number of hydrogen-bond acceptors (Lipinski definition) is 3. The second-order valence-electron chi connectivity index (χ2n) is 5.33. The maximum Gasteiger partial charge on any atom is 0.313 e. The minimum absolute atomic E-state index is 0.497. The topological polar surface area (TPSA) is 61.4 Å². The summed E-state index contributed by atoms with van der Waals surface area (Å²) >= 11 is 0. The molecule has 0 unspecified atom stereocenters. The summed E-state index contributed by atoms with van der Waals surface area (Å²) in [6.07, 6.45) is 0.858. The zero-order valence-electron chi connectivity index (χ0n) is 12.6. The first-order chi connectivity index (χ1) is 9.40. The van der Waals surface area contributed by atoms with Crippen molar-refractivity contribution in [2.75, 3.05) is 30.9 Å². The van der Waals surface area contributed by atoms with E-state index in [4.69, 9.17) is 0 Å². The molecule has 0 heterocycles. The van der Waals surface area contributed by atoms with E-state index >= 15 is 0 Å². The molecule has 110 valence electrons. The third-order valence-corrected chi connectivity index (χ3v) is 2.86. The predicted octanol–water partition coefficient (Wildman–Crippen LogP) is 1.85. The minimum Gasteiger partial charge on any atom is -0.378 e. The van der Waals surface area contributed by atoms with Gasteiger partial charge in [-0.3, -0.25) is 9.59 Å². The molecule has 0 aliphatic heterocycles. The first-order valence-electron chi connectivity index (χ1n) is 6.76. The van der Waals surface area contributed by atoms with Crippen molar-refractivity contribution >= 4 is 23.2 Å². The normalized spacial score (nSPS) is 10.2. The summed E-state index contributed by atoms with van der Waals surface area (Å²) in [5.74, 6) is -0.731. The number of hydrogen-bond donors (Lipinski definition) is 2. The van der Waals surface area contributed by atoms with Crippen LogP contribution in [0.25, 0.3) is 0 Å². The van der Waals surface area contributed by atoms with Crippen LogP contribution in [0.2, 0.25) is 0 Å². The molecule has 20 heavy (non-hydrogen) atoms. The van der Waals surface area contributed by atoms with E-state index in [0.717, 1.165) is 12.1 Å². The third kappa shape index (κ3) is 5.30. The highest BCUT2D eigenvalue weighted by Crippen LogP contribution is 2.15. The van der Waals surface area contributed by atoms with Gasteiger partial charge in [-0.15, -0.1) is 0 Å². The number of benzene rings is 1. The zero-order valence-corrected chi connectivity index (χ0v) is 12.6. The molecule has 1 aromatic rings. The van der Waals surface area contributed by atoms with Gasteiger partial charge in [-0.2, -0.15) is 0 Å². The van der Waals surface area contributed by atoms with Gasteiger partial charge in [0.15, 0.2) is 0 Å². The van der Waals surface area contributed by atoms with Crippen molar-refractivity contribution in [2.45, 2.75) is 20.3 Å². The van der Waals surface area contributed by atoms with Gasteiger partial charge in [0, 0.05) is 32.0 Å². The van der Waals surface area contributed by atoms with Crippen molar-refractivity contribution < 1.29 is 9.59 Å².